The van der Waals surface area contributed by atoms with Crippen LogP contribution < -0.4 is 5.32 Å². The first kappa shape index (κ1) is 16.4. The van der Waals surface area contributed by atoms with Gasteiger partial charge < -0.3 is 0 Å². The summed E-state index contributed by atoms with van der Waals surface area (Å²) in [5.74, 6) is -0.573. The fourth-order valence-corrected chi connectivity index (χ4v) is 3.09. The summed E-state index contributed by atoms with van der Waals surface area (Å²) in [6.07, 6.45) is 0. The minimum Gasteiger partial charge on any atom is -0.296 e. The Labute approximate surface area is 133 Å². The van der Waals surface area contributed by atoms with Crippen molar-refractivity contribution in [2.75, 3.05) is 0 Å². The molecule has 5 nitrogen and oxygen atoms in total. The van der Waals surface area contributed by atoms with Crippen LogP contribution in [0.1, 0.15) is 26.5 Å². The largest absolute Gasteiger partial charge is 0.296 e. The van der Waals surface area contributed by atoms with Gasteiger partial charge >= 0.3 is 0 Å². The number of hydrogen-bond donors (Lipinski definition) is 1. The van der Waals surface area contributed by atoms with Crippen molar-refractivity contribution in [2.45, 2.75) is 38.0 Å². The van der Waals surface area contributed by atoms with Gasteiger partial charge in [-0.2, -0.15) is 0 Å². The Hall–Kier alpha value is -1.95. The molecule has 2 amide bonds. The summed E-state index contributed by atoms with van der Waals surface area (Å²) in [7, 11) is 0. The van der Waals surface area contributed by atoms with E-state index in [0.717, 1.165) is 21.8 Å². The second-order valence-corrected chi connectivity index (χ2v) is 6.56. The number of hydrogen-bond acceptors (Lipinski definition) is 5. The number of aromatic nitrogens is 2. The Morgan fingerprint density at radius 3 is 2.27 bits per heavy atom. The number of amides is 2. The Balaban J connectivity index is 2.31. The van der Waals surface area contributed by atoms with E-state index in [1.165, 1.54) is 18.7 Å². The predicted molar refractivity (Wildman–Crippen MR) is 87.6 cm³/mol. The standard InChI is InChI=1S/C16H19N3O2S/c1-9(2)14(15(21)18-11(4)20)22-16-10(3)17-12-7-5-6-8-13(12)19-16/h5-9,14H,1-4H3,(H,18,20,21). The lowest BCUT2D eigenvalue weighted by Gasteiger charge is -2.19. The molecule has 1 unspecified atom stereocenters. The van der Waals surface area contributed by atoms with Crippen LogP contribution in [0.25, 0.3) is 11.0 Å². The van der Waals surface area contributed by atoms with Crippen molar-refractivity contribution in [2.24, 2.45) is 5.92 Å². The van der Waals surface area contributed by atoms with Gasteiger partial charge in [-0.05, 0) is 25.0 Å². The monoisotopic (exact) mass is 317 g/mol. The zero-order valence-electron chi connectivity index (χ0n) is 13.1. The predicted octanol–water partition coefficient (Wildman–Crippen LogP) is 2.72. The lowest BCUT2D eigenvalue weighted by Crippen LogP contribution is -2.38. The van der Waals surface area contributed by atoms with Gasteiger partial charge in [-0.15, -0.1) is 0 Å². The molecule has 0 saturated carbocycles. The zero-order valence-corrected chi connectivity index (χ0v) is 13.9. The maximum absolute atomic E-state index is 12.2. The van der Waals surface area contributed by atoms with E-state index in [-0.39, 0.29) is 17.7 Å². The molecule has 2 rings (SSSR count). The average molecular weight is 317 g/mol. The first-order chi connectivity index (χ1) is 10.4. The van der Waals surface area contributed by atoms with Gasteiger partial charge in [0.15, 0.2) is 0 Å². The second kappa shape index (κ2) is 6.87. The van der Waals surface area contributed by atoms with Gasteiger partial charge in [0.2, 0.25) is 11.8 Å². The van der Waals surface area contributed by atoms with Crippen molar-refractivity contribution < 1.29 is 9.59 Å². The van der Waals surface area contributed by atoms with Crippen LogP contribution in [0.2, 0.25) is 0 Å². The minimum atomic E-state index is -0.391. The molecule has 1 heterocycles. The van der Waals surface area contributed by atoms with E-state index in [0.29, 0.717) is 0 Å². The third-order valence-corrected chi connectivity index (χ3v) is 4.73. The Morgan fingerprint density at radius 2 is 1.73 bits per heavy atom. The molecule has 6 heteroatoms. The van der Waals surface area contributed by atoms with E-state index in [1.54, 1.807) is 0 Å². The lowest BCUT2D eigenvalue weighted by atomic mass is 10.1. The molecular weight excluding hydrogens is 298 g/mol. The molecule has 0 spiro atoms. The number of benzene rings is 1. The Morgan fingerprint density at radius 1 is 1.14 bits per heavy atom. The van der Waals surface area contributed by atoms with Gasteiger partial charge in [-0.25, -0.2) is 9.97 Å². The highest BCUT2D eigenvalue weighted by Crippen LogP contribution is 2.30. The van der Waals surface area contributed by atoms with Crippen LogP contribution in [0.3, 0.4) is 0 Å². The number of imide groups is 1. The van der Waals surface area contributed by atoms with E-state index < -0.39 is 5.25 Å². The van der Waals surface area contributed by atoms with Crippen LogP contribution in [0.4, 0.5) is 0 Å². The lowest BCUT2D eigenvalue weighted by molar-refractivity contribution is -0.129. The van der Waals surface area contributed by atoms with Crippen molar-refractivity contribution in [1.82, 2.24) is 15.3 Å². The molecule has 22 heavy (non-hydrogen) atoms. The zero-order chi connectivity index (χ0) is 16.3. The SMILES string of the molecule is CC(=O)NC(=O)C(Sc1nc2ccccc2nc1C)C(C)C. The van der Waals surface area contributed by atoms with E-state index in [9.17, 15) is 9.59 Å². The molecular formula is C16H19N3O2S. The van der Waals surface area contributed by atoms with Gasteiger partial charge in [0.1, 0.15) is 5.03 Å². The van der Waals surface area contributed by atoms with Crippen LogP contribution in [-0.2, 0) is 9.59 Å². The number of thioether (sulfide) groups is 1. The molecule has 1 N–H and O–H groups in total. The van der Waals surface area contributed by atoms with Gasteiger partial charge in [0.05, 0.1) is 22.0 Å². The van der Waals surface area contributed by atoms with Crippen molar-refractivity contribution in [3.05, 3.63) is 30.0 Å². The van der Waals surface area contributed by atoms with Crippen LogP contribution in [0, 0.1) is 12.8 Å². The van der Waals surface area contributed by atoms with Crippen molar-refractivity contribution in [3.63, 3.8) is 0 Å². The Bertz CT molecular complexity index is 716. The number of nitrogens with zero attached hydrogens (tertiary/aromatic N) is 2. The summed E-state index contributed by atoms with van der Waals surface area (Å²) in [5.41, 5.74) is 2.41. The van der Waals surface area contributed by atoms with Crippen molar-refractivity contribution in [1.29, 1.82) is 0 Å². The number of nitrogens with one attached hydrogen (secondary N) is 1. The number of carbonyl (C=O) groups excluding carboxylic acids is 2. The average Bonchev–Trinajstić information content (AvgIpc) is 2.43. The molecule has 1 atom stereocenters. The maximum atomic E-state index is 12.2. The molecule has 0 aliphatic carbocycles. The summed E-state index contributed by atoms with van der Waals surface area (Å²) in [6.45, 7) is 7.10. The van der Waals surface area contributed by atoms with E-state index in [1.807, 2.05) is 45.0 Å². The summed E-state index contributed by atoms with van der Waals surface area (Å²) in [5, 5.41) is 2.68. The molecule has 1 aromatic heterocycles. The molecule has 0 bridgehead atoms. The highest BCUT2D eigenvalue weighted by atomic mass is 32.2. The Kier molecular flexibility index (Phi) is 5.13. The smallest absolute Gasteiger partial charge is 0.240 e. The quantitative estimate of drug-likeness (QED) is 0.878. The number of rotatable bonds is 4. The first-order valence-electron chi connectivity index (χ1n) is 7.10. The van der Waals surface area contributed by atoms with Crippen LogP contribution in [-0.4, -0.2) is 27.0 Å². The molecule has 0 saturated heterocycles. The molecule has 0 aliphatic rings. The topological polar surface area (TPSA) is 72.0 Å². The van der Waals surface area contributed by atoms with Crippen LogP contribution in [0.15, 0.2) is 29.3 Å². The fraction of sp³-hybridized carbons (Fsp3) is 0.375. The molecule has 0 radical (unpaired) electrons. The van der Waals surface area contributed by atoms with Gasteiger partial charge in [-0.1, -0.05) is 37.7 Å². The van der Waals surface area contributed by atoms with Gasteiger partial charge in [0, 0.05) is 6.92 Å². The summed E-state index contributed by atoms with van der Waals surface area (Å²) < 4.78 is 0. The maximum Gasteiger partial charge on any atom is 0.240 e. The minimum absolute atomic E-state index is 0.0667. The third kappa shape index (κ3) is 3.82. The highest BCUT2D eigenvalue weighted by Gasteiger charge is 2.26. The summed E-state index contributed by atoms with van der Waals surface area (Å²) in [6, 6.07) is 7.63. The van der Waals surface area contributed by atoms with Gasteiger partial charge in [-0.3, -0.25) is 14.9 Å². The number of carbonyl (C=O) groups is 2. The molecule has 1 aromatic carbocycles. The van der Waals surface area contributed by atoms with Crippen molar-refractivity contribution in [3.8, 4) is 0 Å². The molecule has 2 aromatic rings. The fourth-order valence-electron chi connectivity index (χ4n) is 2.04. The van der Waals surface area contributed by atoms with Crippen molar-refractivity contribution >= 4 is 34.6 Å². The van der Waals surface area contributed by atoms with Crippen LogP contribution in [0.5, 0.6) is 0 Å². The second-order valence-electron chi connectivity index (χ2n) is 5.43. The molecule has 116 valence electrons. The number of fused-ring (bicyclic) bond motifs is 1. The molecule has 0 fully saturated rings. The van der Waals surface area contributed by atoms with E-state index in [2.05, 4.69) is 15.3 Å². The van der Waals surface area contributed by atoms with E-state index in [4.69, 9.17) is 0 Å². The van der Waals surface area contributed by atoms with E-state index >= 15 is 0 Å². The first-order valence-corrected chi connectivity index (χ1v) is 7.98. The van der Waals surface area contributed by atoms with Gasteiger partial charge in [0.25, 0.3) is 0 Å². The highest BCUT2D eigenvalue weighted by molar-refractivity contribution is 8.00. The summed E-state index contributed by atoms with van der Waals surface area (Å²) in [4.78, 5) is 32.4. The normalized spacial score (nSPS) is 12.4. The summed E-state index contributed by atoms with van der Waals surface area (Å²) >= 11 is 1.35. The number of para-hydroxylation sites is 2. The molecule has 0 aliphatic heterocycles. The van der Waals surface area contributed by atoms with Crippen LogP contribution >= 0.6 is 11.8 Å². The number of aryl methyl sites for hydroxylation is 1. The third-order valence-electron chi connectivity index (χ3n) is 3.10.